The van der Waals surface area contributed by atoms with Crippen molar-refractivity contribution < 1.29 is 4.74 Å². The van der Waals surface area contributed by atoms with E-state index < -0.39 is 0 Å². The molecule has 4 nitrogen and oxygen atoms in total. The predicted molar refractivity (Wildman–Crippen MR) is 76.2 cm³/mol. The molecule has 0 unspecified atom stereocenters. The van der Waals surface area contributed by atoms with Crippen molar-refractivity contribution in [1.29, 1.82) is 0 Å². The summed E-state index contributed by atoms with van der Waals surface area (Å²) >= 11 is 8.67. The van der Waals surface area contributed by atoms with Crippen LogP contribution in [0.3, 0.4) is 0 Å². The average molecular weight is 328 g/mol. The summed E-state index contributed by atoms with van der Waals surface area (Å²) in [6.07, 6.45) is 0.746. The molecule has 2 aromatic rings. The summed E-state index contributed by atoms with van der Waals surface area (Å²) in [6.45, 7) is 1.34. The summed E-state index contributed by atoms with van der Waals surface area (Å²) in [5.41, 5.74) is 1.19. The molecule has 1 heterocycles. The summed E-state index contributed by atoms with van der Waals surface area (Å²) in [6, 6.07) is 8.17. The van der Waals surface area contributed by atoms with E-state index in [1.54, 1.807) is 7.11 Å². The Kier molecular flexibility index (Phi) is 4.68. The lowest BCUT2D eigenvalue weighted by atomic mass is 10.1. The van der Waals surface area contributed by atoms with Gasteiger partial charge < -0.3 is 9.30 Å². The topological polar surface area (TPSA) is 42.8 Å². The molecule has 0 bridgehead atoms. The molecule has 0 atom stereocenters. The van der Waals surface area contributed by atoms with E-state index in [0.717, 1.165) is 23.3 Å². The van der Waals surface area contributed by atoms with E-state index in [-0.39, 0.29) is 0 Å². The van der Waals surface area contributed by atoms with E-state index in [1.165, 1.54) is 5.56 Å². The average Bonchev–Trinajstić information content (AvgIpc) is 2.68. The molecule has 18 heavy (non-hydrogen) atoms. The summed E-state index contributed by atoms with van der Waals surface area (Å²) in [5.74, 6) is 0.926. The lowest BCUT2D eigenvalue weighted by Gasteiger charge is -2.06. The smallest absolute Gasteiger partial charge is 0.195 e. The predicted octanol–water partition coefficient (Wildman–Crippen LogP) is 2.94. The molecule has 0 aliphatic heterocycles. The van der Waals surface area contributed by atoms with Gasteiger partial charge in [-0.25, -0.2) is 0 Å². The number of methoxy groups -OCH3 is 1. The highest BCUT2D eigenvalue weighted by molar-refractivity contribution is 9.10. The quantitative estimate of drug-likeness (QED) is 0.858. The Labute approximate surface area is 119 Å². The molecule has 0 fully saturated rings. The van der Waals surface area contributed by atoms with Crippen LogP contribution >= 0.6 is 28.1 Å². The Morgan fingerprint density at radius 2 is 2.33 bits per heavy atom. The number of aromatic amines is 1. The maximum atomic E-state index is 5.21. The molecule has 1 aromatic carbocycles. The third-order valence-electron chi connectivity index (χ3n) is 2.61. The molecule has 0 radical (unpaired) electrons. The Morgan fingerprint density at radius 3 is 3.06 bits per heavy atom. The first kappa shape index (κ1) is 13.5. The maximum absolute atomic E-state index is 5.21. The highest BCUT2D eigenvalue weighted by Gasteiger charge is 2.07. The number of hydrogen-bond acceptors (Lipinski definition) is 3. The van der Waals surface area contributed by atoms with Crippen molar-refractivity contribution in [3.8, 4) is 0 Å². The van der Waals surface area contributed by atoms with Gasteiger partial charge in [-0.05, 0) is 29.9 Å². The van der Waals surface area contributed by atoms with Gasteiger partial charge in [-0.2, -0.15) is 5.10 Å². The summed E-state index contributed by atoms with van der Waals surface area (Å²) in [7, 11) is 1.68. The van der Waals surface area contributed by atoms with Crippen molar-refractivity contribution in [2.45, 2.75) is 13.0 Å². The van der Waals surface area contributed by atoms with Crippen LogP contribution < -0.4 is 0 Å². The van der Waals surface area contributed by atoms with Crippen molar-refractivity contribution >= 4 is 28.1 Å². The standard InChI is InChI=1S/C12H14BrN3OS/c1-17-6-5-16-11(14-15-12(16)18)8-9-3-2-4-10(13)7-9/h2-4,7H,5-6,8H2,1H3,(H,15,18). The Hall–Kier alpha value is -0.980. The molecule has 0 spiro atoms. The van der Waals surface area contributed by atoms with E-state index in [1.807, 2.05) is 16.7 Å². The van der Waals surface area contributed by atoms with Gasteiger partial charge in [-0.1, -0.05) is 28.1 Å². The molecule has 1 aromatic heterocycles. The first-order valence-corrected chi connectivity index (χ1v) is 6.78. The Bertz CT molecular complexity index is 579. The summed E-state index contributed by atoms with van der Waals surface area (Å²) < 4.78 is 8.75. The second kappa shape index (κ2) is 6.26. The molecule has 0 amide bonds. The van der Waals surface area contributed by atoms with Gasteiger partial charge in [0.2, 0.25) is 0 Å². The zero-order valence-corrected chi connectivity index (χ0v) is 12.4. The fourth-order valence-electron chi connectivity index (χ4n) is 1.73. The molecule has 2 rings (SSSR count). The first-order valence-electron chi connectivity index (χ1n) is 5.58. The number of nitrogens with one attached hydrogen (secondary N) is 1. The third kappa shape index (κ3) is 3.28. The van der Waals surface area contributed by atoms with Crippen molar-refractivity contribution in [2.24, 2.45) is 0 Å². The lowest BCUT2D eigenvalue weighted by Crippen LogP contribution is -2.09. The van der Waals surface area contributed by atoms with E-state index >= 15 is 0 Å². The van der Waals surface area contributed by atoms with Gasteiger partial charge in [0, 0.05) is 24.5 Å². The minimum Gasteiger partial charge on any atom is -0.383 e. The molecular formula is C12H14BrN3OS. The molecule has 0 aliphatic rings. The van der Waals surface area contributed by atoms with Gasteiger partial charge >= 0.3 is 0 Å². The SMILES string of the molecule is COCCn1c(Cc2cccc(Br)c2)n[nH]c1=S. The van der Waals surface area contributed by atoms with Crippen molar-refractivity contribution in [1.82, 2.24) is 14.8 Å². The highest BCUT2D eigenvalue weighted by atomic mass is 79.9. The molecular weight excluding hydrogens is 314 g/mol. The Balaban J connectivity index is 2.21. The van der Waals surface area contributed by atoms with Crippen molar-refractivity contribution in [3.63, 3.8) is 0 Å². The maximum Gasteiger partial charge on any atom is 0.195 e. The summed E-state index contributed by atoms with van der Waals surface area (Å²) in [4.78, 5) is 0. The fraction of sp³-hybridized carbons (Fsp3) is 0.333. The normalized spacial score (nSPS) is 10.8. The number of nitrogens with zero attached hydrogens (tertiary/aromatic N) is 2. The molecule has 1 N–H and O–H groups in total. The van der Waals surface area contributed by atoms with E-state index in [2.05, 4.69) is 38.3 Å². The monoisotopic (exact) mass is 327 g/mol. The number of ether oxygens (including phenoxy) is 1. The van der Waals surface area contributed by atoms with Crippen LogP contribution in [-0.4, -0.2) is 28.5 Å². The van der Waals surface area contributed by atoms with E-state index in [0.29, 0.717) is 11.4 Å². The number of halogens is 1. The third-order valence-corrected chi connectivity index (χ3v) is 3.41. The van der Waals surface area contributed by atoms with Crippen LogP contribution in [0.5, 0.6) is 0 Å². The second-order valence-corrected chi connectivity index (χ2v) is 5.20. The first-order chi connectivity index (χ1) is 8.70. The van der Waals surface area contributed by atoms with Crippen LogP contribution in [0.1, 0.15) is 11.4 Å². The van der Waals surface area contributed by atoms with Gasteiger partial charge in [-0.15, -0.1) is 0 Å². The van der Waals surface area contributed by atoms with Gasteiger partial charge in [0.05, 0.1) is 6.61 Å². The minimum absolute atomic E-state index is 0.624. The minimum atomic E-state index is 0.624. The zero-order valence-electron chi connectivity index (χ0n) is 10.0. The van der Waals surface area contributed by atoms with E-state index in [9.17, 15) is 0 Å². The van der Waals surface area contributed by atoms with Crippen LogP contribution in [0, 0.1) is 4.77 Å². The second-order valence-electron chi connectivity index (χ2n) is 3.90. The van der Waals surface area contributed by atoms with Crippen LogP contribution in [0.2, 0.25) is 0 Å². The van der Waals surface area contributed by atoms with Gasteiger partial charge in [0.15, 0.2) is 4.77 Å². The Morgan fingerprint density at radius 1 is 1.50 bits per heavy atom. The number of aromatic nitrogens is 3. The van der Waals surface area contributed by atoms with Gasteiger partial charge in [0.25, 0.3) is 0 Å². The number of hydrogen-bond donors (Lipinski definition) is 1. The molecule has 96 valence electrons. The molecule has 0 aliphatic carbocycles. The lowest BCUT2D eigenvalue weighted by molar-refractivity contribution is 0.186. The highest BCUT2D eigenvalue weighted by Crippen LogP contribution is 2.14. The van der Waals surface area contributed by atoms with Gasteiger partial charge in [0.1, 0.15) is 5.82 Å². The van der Waals surface area contributed by atoms with Crippen molar-refractivity contribution in [2.75, 3.05) is 13.7 Å². The van der Waals surface area contributed by atoms with Crippen LogP contribution in [-0.2, 0) is 17.7 Å². The number of rotatable bonds is 5. The van der Waals surface area contributed by atoms with Crippen LogP contribution in [0.4, 0.5) is 0 Å². The van der Waals surface area contributed by atoms with E-state index in [4.69, 9.17) is 17.0 Å². The molecule has 6 heteroatoms. The van der Waals surface area contributed by atoms with Crippen LogP contribution in [0.15, 0.2) is 28.7 Å². The number of H-pyrrole nitrogens is 1. The summed E-state index contributed by atoms with van der Waals surface area (Å²) in [5, 5.41) is 7.10. The van der Waals surface area contributed by atoms with Gasteiger partial charge in [-0.3, -0.25) is 5.10 Å². The van der Waals surface area contributed by atoms with Crippen molar-refractivity contribution in [3.05, 3.63) is 44.9 Å². The number of benzene rings is 1. The fourth-order valence-corrected chi connectivity index (χ4v) is 2.42. The zero-order chi connectivity index (χ0) is 13.0. The van der Waals surface area contributed by atoms with Crippen LogP contribution in [0.25, 0.3) is 0 Å². The largest absolute Gasteiger partial charge is 0.383 e. The molecule has 0 saturated carbocycles. The molecule has 0 saturated heterocycles.